The smallest absolute Gasteiger partial charge is 0.221 e. The van der Waals surface area contributed by atoms with Gasteiger partial charge >= 0.3 is 0 Å². The van der Waals surface area contributed by atoms with E-state index in [0.29, 0.717) is 5.88 Å². The first-order chi connectivity index (χ1) is 7.78. The van der Waals surface area contributed by atoms with Crippen LogP contribution in [0.15, 0.2) is 42.5 Å². The molecule has 0 unspecified atom stereocenters. The molecule has 0 amide bonds. The van der Waals surface area contributed by atoms with Gasteiger partial charge in [0.15, 0.2) is 0 Å². The van der Waals surface area contributed by atoms with E-state index in [0.717, 1.165) is 11.6 Å². The minimum atomic E-state index is 0.591. The standard InChI is InChI=1S/C12H11IN2O/c1-14-11-3-2-4-12(15-11)16-10-7-5-9(13)6-8-10/h2-8H,1H3,(H,14,15). The van der Waals surface area contributed by atoms with Crippen LogP contribution in [0.2, 0.25) is 0 Å². The Bertz CT molecular complexity index is 471. The first kappa shape index (κ1) is 11.2. The van der Waals surface area contributed by atoms with E-state index < -0.39 is 0 Å². The van der Waals surface area contributed by atoms with Crippen molar-refractivity contribution in [3.63, 3.8) is 0 Å². The first-order valence-corrected chi connectivity index (χ1v) is 5.94. The van der Waals surface area contributed by atoms with Crippen molar-refractivity contribution in [3.05, 3.63) is 46.0 Å². The SMILES string of the molecule is CNc1cccc(Oc2ccc(I)cc2)n1. The average molecular weight is 326 g/mol. The topological polar surface area (TPSA) is 34.1 Å². The summed E-state index contributed by atoms with van der Waals surface area (Å²) in [7, 11) is 1.83. The van der Waals surface area contributed by atoms with Crippen molar-refractivity contribution in [1.29, 1.82) is 0 Å². The summed E-state index contributed by atoms with van der Waals surface area (Å²) >= 11 is 2.26. The fraction of sp³-hybridized carbons (Fsp3) is 0.0833. The molecule has 3 nitrogen and oxygen atoms in total. The third-order valence-corrected chi connectivity index (χ3v) is 2.73. The van der Waals surface area contributed by atoms with Crippen LogP contribution in [0.4, 0.5) is 5.82 Å². The van der Waals surface area contributed by atoms with Gasteiger partial charge in [0.25, 0.3) is 0 Å². The first-order valence-electron chi connectivity index (χ1n) is 4.86. The van der Waals surface area contributed by atoms with Gasteiger partial charge in [-0.1, -0.05) is 6.07 Å². The van der Waals surface area contributed by atoms with Gasteiger partial charge in [-0.15, -0.1) is 0 Å². The van der Waals surface area contributed by atoms with E-state index in [-0.39, 0.29) is 0 Å². The summed E-state index contributed by atoms with van der Waals surface area (Å²) < 4.78 is 6.80. The molecule has 82 valence electrons. The second-order valence-electron chi connectivity index (χ2n) is 3.17. The molecule has 16 heavy (non-hydrogen) atoms. The monoisotopic (exact) mass is 326 g/mol. The van der Waals surface area contributed by atoms with E-state index >= 15 is 0 Å². The summed E-state index contributed by atoms with van der Waals surface area (Å²) in [5, 5.41) is 2.97. The molecule has 0 bridgehead atoms. The molecule has 0 saturated carbocycles. The van der Waals surface area contributed by atoms with Crippen molar-refractivity contribution in [2.45, 2.75) is 0 Å². The Balaban J connectivity index is 2.16. The summed E-state index contributed by atoms with van der Waals surface area (Å²) in [6.07, 6.45) is 0. The molecule has 2 aromatic rings. The molecule has 0 atom stereocenters. The van der Waals surface area contributed by atoms with Crippen LogP contribution < -0.4 is 10.1 Å². The van der Waals surface area contributed by atoms with Crippen molar-refractivity contribution in [1.82, 2.24) is 4.98 Å². The zero-order chi connectivity index (χ0) is 11.4. The lowest BCUT2D eigenvalue weighted by atomic mass is 10.3. The summed E-state index contributed by atoms with van der Waals surface area (Å²) in [4.78, 5) is 4.27. The molecular weight excluding hydrogens is 315 g/mol. The molecule has 4 heteroatoms. The zero-order valence-corrected chi connectivity index (χ0v) is 10.9. The Morgan fingerprint density at radius 1 is 1.12 bits per heavy atom. The third-order valence-electron chi connectivity index (χ3n) is 2.02. The fourth-order valence-electron chi connectivity index (χ4n) is 1.23. The van der Waals surface area contributed by atoms with Gasteiger partial charge in [-0.2, -0.15) is 4.98 Å². The minimum absolute atomic E-state index is 0.591. The Morgan fingerprint density at radius 3 is 2.56 bits per heavy atom. The van der Waals surface area contributed by atoms with E-state index in [1.54, 1.807) is 0 Å². The highest BCUT2D eigenvalue weighted by atomic mass is 127. The van der Waals surface area contributed by atoms with Crippen LogP contribution in [0.3, 0.4) is 0 Å². The number of hydrogen-bond donors (Lipinski definition) is 1. The predicted octanol–water partition coefficient (Wildman–Crippen LogP) is 3.52. The molecule has 1 aromatic heterocycles. The maximum atomic E-state index is 5.62. The second-order valence-corrected chi connectivity index (χ2v) is 4.41. The van der Waals surface area contributed by atoms with Gasteiger partial charge in [-0.05, 0) is 52.9 Å². The zero-order valence-electron chi connectivity index (χ0n) is 8.77. The van der Waals surface area contributed by atoms with Crippen LogP contribution in [0.5, 0.6) is 11.6 Å². The van der Waals surface area contributed by atoms with Crippen LogP contribution in [-0.2, 0) is 0 Å². The molecule has 1 heterocycles. The number of benzene rings is 1. The van der Waals surface area contributed by atoms with Crippen molar-refractivity contribution in [2.75, 3.05) is 12.4 Å². The largest absolute Gasteiger partial charge is 0.439 e. The van der Waals surface area contributed by atoms with Crippen molar-refractivity contribution >= 4 is 28.4 Å². The highest BCUT2D eigenvalue weighted by Gasteiger charge is 1.99. The molecule has 0 saturated heterocycles. The number of nitrogens with one attached hydrogen (secondary N) is 1. The van der Waals surface area contributed by atoms with Crippen LogP contribution in [0, 0.1) is 3.57 Å². The maximum absolute atomic E-state index is 5.62. The van der Waals surface area contributed by atoms with Gasteiger partial charge in [-0.3, -0.25) is 0 Å². The lowest BCUT2D eigenvalue weighted by Gasteiger charge is -2.06. The minimum Gasteiger partial charge on any atom is -0.439 e. The molecule has 0 fully saturated rings. The molecule has 1 aromatic carbocycles. The number of nitrogens with zero attached hydrogens (tertiary/aromatic N) is 1. The van der Waals surface area contributed by atoms with Crippen LogP contribution in [0.25, 0.3) is 0 Å². The van der Waals surface area contributed by atoms with Gasteiger partial charge in [-0.25, -0.2) is 0 Å². The van der Waals surface area contributed by atoms with E-state index in [1.807, 2.05) is 49.5 Å². The Kier molecular flexibility index (Phi) is 3.61. The normalized spacial score (nSPS) is 9.88. The molecule has 1 N–H and O–H groups in total. The van der Waals surface area contributed by atoms with Gasteiger partial charge in [0, 0.05) is 16.7 Å². The van der Waals surface area contributed by atoms with Crippen LogP contribution >= 0.6 is 22.6 Å². The van der Waals surface area contributed by atoms with Crippen LogP contribution in [-0.4, -0.2) is 12.0 Å². The fourth-order valence-corrected chi connectivity index (χ4v) is 1.59. The van der Waals surface area contributed by atoms with Crippen molar-refractivity contribution in [3.8, 4) is 11.6 Å². The van der Waals surface area contributed by atoms with E-state index in [1.165, 1.54) is 3.57 Å². The van der Waals surface area contributed by atoms with E-state index in [9.17, 15) is 0 Å². The molecule has 0 aliphatic rings. The highest BCUT2D eigenvalue weighted by Crippen LogP contribution is 2.21. The lowest BCUT2D eigenvalue weighted by molar-refractivity contribution is 0.463. The van der Waals surface area contributed by atoms with Gasteiger partial charge < -0.3 is 10.1 Å². The van der Waals surface area contributed by atoms with Crippen molar-refractivity contribution < 1.29 is 4.74 Å². The average Bonchev–Trinajstić information content (AvgIpc) is 2.32. The summed E-state index contributed by atoms with van der Waals surface area (Å²) in [6.45, 7) is 0. The number of hydrogen-bond acceptors (Lipinski definition) is 3. The van der Waals surface area contributed by atoms with Gasteiger partial charge in [0.2, 0.25) is 5.88 Å². The van der Waals surface area contributed by atoms with Gasteiger partial charge in [0.1, 0.15) is 11.6 Å². The quantitative estimate of drug-likeness (QED) is 0.877. The summed E-state index contributed by atoms with van der Waals surface area (Å²) in [5.41, 5.74) is 0. The molecule has 0 aliphatic heterocycles. The van der Waals surface area contributed by atoms with Crippen molar-refractivity contribution in [2.24, 2.45) is 0 Å². The number of pyridine rings is 1. The third kappa shape index (κ3) is 2.85. The molecule has 2 rings (SSSR count). The molecule has 0 radical (unpaired) electrons. The number of aromatic nitrogens is 1. The maximum Gasteiger partial charge on any atom is 0.221 e. The highest BCUT2D eigenvalue weighted by molar-refractivity contribution is 14.1. The summed E-state index contributed by atoms with van der Waals surface area (Å²) in [5.74, 6) is 2.18. The molecular formula is C12H11IN2O. The molecule has 0 aliphatic carbocycles. The second kappa shape index (κ2) is 5.16. The molecule has 0 spiro atoms. The summed E-state index contributed by atoms with van der Waals surface area (Å²) in [6, 6.07) is 13.5. The van der Waals surface area contributed by atoms with E-state index in [4.69, 9.17) is 4.74 Å². The van der Waals surface area contributed by atoms with E-state index in [2.05, 4.69) is 32.9 Å². The lowest BCUT2D eigenvalue weighted by Crippen LogP contribution is -1.94. The van der Waals surface area contributed by atoms with Crippen LogP contribution in [0.1, 0.15) is 0 Å². The Morgan fingerprint density at radius 2 is 1.88 bits per heavy atom. The Hall–Kier alpha value is -1.30. The number of rotatable bonds is 3. The van der Waals surface area contributed by atoms with Gasteiger partial charge in [0.05, 0.1) is 0 Å². The number of anilines is 1. The Labute approximate surface area is 108 Å². The predicted molar refractivity (Wildman–Crippen MR) is 73.0 cm³/mol. The number of halogens is 1. The number of ether oxygens (including phenoxy) is 1.